The summed E-state index contributed by atoms with van der Waals surface area (Å²) in [6.45, 7) is 4.73. The van der Waals surface area contributed by atoms with Crippen LogP contribution in [0.2, 0.25) is 0 Å². The number of methoxy groups -OCH3 is 2. The first kappa shape index (κ1) is 15.9. The van der Waals surface area contributed by atoms with Crippen molar-refractivity contribution < 1.29 is 9.47 Å². The topological polar surface area (TPSA) is 66.5 Å². The highest BCUT2D eigenvalue weighted by molar-refractivity contribution is 5.65. The lowest BCUT2D eigenvalue weighted by Gasteiger charge is -2.17. The highest BCUT2D eigenvalue weighted by Crippen LogP contribution is 2.32. The van der Waals surface area contributed by atoms with E-state index in [1.165, 1.54) is 0 Å². The Morgan fingerprint density at radius 2 is 1.77 bits per heavy atom. The minimum Gasteiger partial charge on any atom is -0.493 e. The number of ether oxygens (including phenoxy) is 2. The molecule has 0 aliphatic heterocycles. The van der Waals surface area contributed by atoms with E-state index < -0.39 is 0 Å². The molecule has 2 rings (SSSR count). The van der Waals surface area contributed by atoms with E-state index in [2.05, 4.69) is 13.8 Å². The van der Waals surface area contributed by atoms with Gasteiger partial charge in [0.15, 0.2) is 11.5 Å². The number of hydrogen-bond acceptors (Lipinski definition) is 4. The molecule has 0 saturated heterocycles. The van der Waals surface area contributed by atoms with Crippen molar-refractivity contribution in [1.82, 2.24) is 4.57 Å². The lowest BCUT2D eigenvalue weighted by molar-refractivity contribution is 0.355. The van der Waals surface area contributed by atoms with E-state index in [-0.39, 0.29) is 11.2 Å². The maximum atomic E-state index is 12.4. The van der Waals surface area contributed by atoms with Crippen LogP contribution < -0.4 is 20.8 Å². The Morgan fingerprint density at radius 1 is 1.09 bits per heavy atom. The zero-order valence-corrected chi connectivity index (χ0v) is 13.4. The molecule has 2 N–H and O–H groups in total. The summed E-state index contributed by atoms with van der Waals surface area (Å²) < 4.78 is 12.3. The van der Waals surface area contributed by atoms with Crippen LogP contribution in [0.1, 0.15) is 13.8 Å². The van der Waals surface area contributed by atoms with Crippen molar-refractivity contribution in [1.29, 1.82) is 0 Å². The van der Waals surface area contributed by atoms with E-state index in [1.54, 1.807) is 24.9 Å². The number of rotatable bonds is 5. The average molecular weight is 302 g/mol. The van der Waals surface area contributed by atoms with Crippen LogP contribution in [0.4, 0.5) is 5.69 Å². The van der Waals surface area contributed by atoms with Crippen molar-refractivity contribution in [2.75, 3.05) is 20.0 Å². The monoisotopic (exact) mass is 302 g/mol. The number of pyridine rings is 1. The van der Waals surface area contributed by atoms with Gasteiger partial charge in [-0.3, -0.25) is 4.79 Å². The molecule has 2 aromatic rings. The van der Waals surface area contributed by atoms with Crippen molar-refractivity contribution >= 4 is 5.69 Å². The molecule has 22 heavy (non-hydrogen) atoms. The Morgan fingerprint density at radius 3 is 2.36 bits per heavy atom. The fourth-order valence-electron chi connectivity index (χ4n) is 2.39. The summed E-state index contributed by atoms with van der Waals surface area (Å²) in [6.07, 6.45) is 0. The van der Waals surface area contributed by atoms with Crippen LogP contribution in [0.15, 0.2) is 35.1 Å². The Labute approximate surface area is 130 Å². The highest BCUT2D eigenvalue weighted by Gasteiger charge is 2.13. The quantitative estimate of drug-likeness (QED) is 0.922. The van der Waals surface area contributed by atoms with Crippen molar-refractivity contribution in [3.8, 4) is 22.8 Å². The van der Waals surface area contributed by atoms with Crippen molar-refractivity contribution in [3.63, 3.8) is 0 Å². The van der Waals surface area contributed by atoms with Gasteiger partial charge in [-0.2, -0.15) is 0 Å². The molecule has 0 bridgehead atoms. The van der Waals surface area contributed by atoms with Crippen LogP contribution in [0.5, 0.6) is 11.5 Å². The number of aromatic nitrogens is 1. The lowest BCUT2D eigenvalue weighted by atomic mass is 10.1. The van der Waals surface area contributed by atoms with Crippen LogP contribution in [-0.2, 0) is 6.54 Å². The Kier molecular flexibility index (Phi) is 4.75. The van der Waals surface area contributed by atoms with Crippen molar-refractivity contribution in [3.05, 3.63) is 40.7 Å². The van der Waals surface area contributed by atoms with Gasteiger partial charge >= 0.3 is 0 Å². The van der Waals surface area contributed by atoms with E-state index in [9.17, 15) is 4.79 Å². The molecule has 0 atom stereocenters. The number of nitrogens with zero attached hydrogens (tertiary/aromatic N) is 1. The molecule has 1 aromatic heterocycles. The summed E-state index contributed by atoms with van der Waals surface area (Å²) in [5, 5.41) is 0. The van der Waals surface area contributed by atoms with Crippen LogP contribution in [-0.4, -0.2) is 18.8 Å². The van der Waals surface area contributed by atoms with Gasteiger partial charge in [-0.05, 0) is 36.2 Å². The van der Waals surface area contributed by atoms with Gasteiger partial charge in [0.2, 0.25) is 0 Å². The molecule has 5 nitrogen and oxygen atoms in total. The fourth-order valence-corrected chi connectivity index (χ4v) is 2.39. The molecule has 0 aliphatic rings. The number of nitrogen functional groups attached to an aromatic ring is 1. The predicted octanol–water partition coefficient (Wildman–Crippen LogP) is 2.77. The zero-order valence-electron chi connectivity index (χ0n) is 13.4. The third-order valence-electron chi connectivity index (χ3n) is 3.43. The summed E-state index contributed by atoms with van der Waals surface area (Å²) in [5.74, 6) is 1.61. The third kappa shape index (κ3) is 3.08. The number of hydrogen-bond donors (Lipinski definition) is 1. The van der Waals surface area contributed by atoms with Crippen LogP contribution >= 0.6 is 0 Å². The second kappa shape index (κ2) is 6.56. The first-order valence-corrected chi connectivity index (χ1v) is 7.19. The van der Waals surface area contributed by atoms with E-state index in [4.69, 9.17) is 15.2 Å². The molecular formula is C17H22N2O3. The minimum atomic E-state index is -0.166. The van der Waals surface area contributed by atoms with Gasteiger partial charge in [0.25, 0.3) is 5.56 Å². The second-order valence-corrected chi connectivity index (χ2v) is 5.55. The zero-order chi connectivity index (χ0) is 16.3. The van der Waals surface area contributed by atoms with Crippen molar-refractivity contribution in [2.24, 2.45) is 5.92 Å². The standard InChI is InChI=1S/C17H22N2O3/c1-11(2)10-19-14(7-6-13(18)17(19)20)12-5-8-15(21-3)16(9-12)22-4/h5-9,11H,10,18H2,1-4H3. The maximum Gasteiger partial charge on any atom is 0.274 e. The fraction of sp³-hybridized carbons (Fsp3) is 0.353. The normalized spacial score (nSPS) is 10.8. The molecule has 118 valence electrons. The van der Waals surface area contributed by atoms with Crippen LogP contribution in [0, 0.1) is 5.92 Å². The summed E-state index contributed by atoms with van der Waals surface area (Å²) in [6, 6.07) is 9.10. The van der Waals surface area contributed by atoms with Gasteiger partial charge in [-0.15, -0.1) is 0 Å². The Hall–Kier alpha value is -2.43. The summed E-state index contributed by atoms with van der Waals surface area (Å²) in [4.78, 5) is 12.4. The van der Waals surface area contributed by atoms with Crippen LogP contribution in [0.3, 0.4) is 0 Å². The van der Waals surface area contributed by atoms with E-state index in [1.807, 2.05) is 24.3 Å². The van der Waals surface area contributed by atoms with Gasteiger partial charge < -0.3 is 19.8 Å². The van der Waals surface area contributed by atoms with Gasteiger partial charge in [0.1, 0.15) is 0 Å². The largest absolute Gasteiger partial charge is 0.493 e. The molecular weight excluding hydrogens is 280 g/mol. The van der Waals surface area contributed by atoms with Gasteiger partial charge in [0, 0.05) is 12.1 Å². The Bertz CT molecular complexity index is 720. The molecule has 1 aromatic carbocycles. The number of nitrogens with two attached hydrogens (primary N) is 1. The molecule has 0 unspecified atom stereocenters. The SMILES string of the molecule is COc1ccc(-c2ccc(N)c(=O)n2CC(C)C)cc1OC. The lowest BCUT2D eigenvalue weighted by Crippen LogP contribution is -2.26. The van der Waals surface area contributed by atoms with Gasteiger partial charge in [-0.25, -0.2) is 0 Å². The molecule has 0 amide bonds. The summed E-state index contributed by atoms with van der Waals surface area (Å²) >= 11 is 0. The van der Waals surface area contributed by atoms with E-state index >= 15 is 0 Å². The smallest absolute Gasteiger partial charge is 0.274 e. The first-order valence-electron chi connectivity index (χ1n) is 7.19. The first-order chi connectivity index (χ1) is 10.5. The summed E-state index contributed by atoms with van der Waals surface area (Å²) in [5.41, 5.74) is 7.55. The molecule has 1 heterocycles. The molecule has 0 saturated carbocycles. The Balaban J connectivity index is 2.62. The third-order valence-corrected chi connectivity index (χ3v) is 3.43. The highest BCUT2D eigenvalue weighted by atomic mass is 16.5. The minimum absolute atomic E-state index is 0.166. The van der Waals surface area contributed by atoms with Gasteiger partial charge in [0.05, 0.1) is 25.6 Å². The molecule has 0 fully saturated rings. The maximum absolute atomic E-state index is 12.4. The van der Waals surface area contributed by atoms with E-state index in [0.29, 0.717) is 24.0 Å². The van der Waals surface area contributed by atoms with Crippen molar-refractivity contribution in [2.45, 2.75) is 20.4 Å². The summed E-state index contributed by atoms with van der Waals surface area (Å²) in [7, 11) is 3.18. The average Bonchev–Trinajstić information content (AvgIpc) is 2.51. The van der Waals surface area contributed by atoms with Gasteiger partial charge in [-0.1, -0.05) is 13.8 Å². The molecule has 0 radical (unpaired) electrons. The predicted molar refractivity (Wildman–Crippen MR) is 88.5 cm³/mol. The number of anilines is 1. The second-order valence-electron chi connectivity index (χ2n) is 5.55. The molecule has 0 spiro atoms. The number of benzene rings is 1. The molecule has 0 aliphatic carbocycles. The van der Waals surface area contributed by atoms with E-state index in [0.717, 1.165) is 11.3 Å². The van der Waals surface area contributed by atoms with Crippen LogP contribution in [0.25, 0.3) is 11.3 Å². The molecule has 5 heteroatoms.